The molecule has 2 aliphatic rings. The average molecular weight is 793 g/mol. The van der Waals surface area contributed by atoms with Gasteiger partial charge in [-0.15, -0.1) is 13.2 Å². The Labute approximate surface area is 359 Å². The third-order valence-corrected chi connectivity index (χ3v) is 12.4. The number of nitrogens with zero attached hydrogens (tertiary/aromatic N) is 2. The van der Waals surface area contributed by atoms with Crippen LogP contribution in [0, 0.1) is 5.92 Å². The highest BCUT2D eigenvalue weighted by Gasteiger charge is 2.21. The maximum absolute atomic E-state index is 6.35. The minimum Gasteiger partial charge on any atom is -0.455 e. The average Bonchev–Trinajstić information content (AvgIpc) is 3.86. The van der Waals surface area contributed by atoms with Gasteiger partial charge in [0.15, 0.2) is 0 Å². The molecule has 2 aliphatic carbocycles. The molecule has 0 amide bonds. The Kier molecular flexibility index (Phi) is 11.1. The minimum atomic E-state index is 0.0720. The summed E-state index contributed by atoms with van der Waals surface area (Å²) < 4.78 is 8.77. The van der Waals surface area contributed by atoms with Crippen LogP contribution in [0.5, 0.6) is 0 Å². The number of benzene rings is 5. The molecule has 2 aromatic heterocycles. The zero-order valence-corrected chi connectivity index (χ0v) is 35.2. The lowest BCUT2D eigenvalue weighted by Crippen LogP contribution is -2.29. The van der Waals surface area contributed by atoms with E-state index < -0.39 is 0 Å². The van der Waals surface area contributed by atoms with Crippen molar-refractivity contribution in [3.63, 3.8) is 0 Å². The van der Waals surface area contributed by atoms with Crippen molar-refractivity contribution in [3.05, 3.63) is 210 Å². The fourth-order valence-electron chi connectivity index (χ4n) is 9.39. The summed E-state index contributed by atoms with van der Waals surface area (Å²) in [6.45, 7) is 16.9. The molecule has 0 fully saturated rings. The lowest BCUT2D eigenvalue weighted by molar-refractivity contribution is 0.667. The third kappa shape index (κ3) is 7.31. The van der Waals surface area contributed by atoms with E-state index in [1.54, 1.807) is 0 Å². The van der Waals surface area contributed by atoms with Crippen molar-refractivity contribution >= 4 is 85.2 Å². The first-order valence-corrected chi connectivity index (χ1v) is 21.5. The number of allylic oxidation sites excluding steroid dienone is 9. The van der Waals surface area contributed by atoms with Crippen molar-refractivity contribution in [2.45, 2.75) is 45.6 Å². The first kappa shape index (κ1) is 39.4. The van der Waals surface area contributed by atoms with Gasteiger partial charge in [-0.3, -0.25) is 0 Å². The van der Waals surface area contributed by atoms with E-state index in [-0.39, 0.29) is 12.0 Å². The van der Waals surface area contributed by atoms with E-state index in [9.17, 15) is 0 Å². The van der Waals surface area contributed by atoms with E-state index in [1.165, 1.54) is 55.0 Å². The summed E-state index contributed by atoms with van der Waals surface area (Å²) in [5.74, 6) is 0.285. The summed E-state index contributed by atoms with van der Waals surface area (Å²) in [6, 6.07) is 39.0. The molecule has 2 heterocycles. The normalized spacial score (nSPS) is 16.6. The van der Waals surface area contributed by atoms with Crippen molar-refractivity contribution in [1.29, 1.82) is 0 Å². The van der Waals surface area contributed by atoms with E-state index in [0.717, 1.165) is 64.6 Å². The largest absolute Gasteiger partial charge is 0.455 e. The van der Waals surface area contributed by atoms with Crippen molar-refractivity contribution in [1.82, 2.24) is 4.57 Å². The van der Waals surface area contributed by atoms with Gasteiger partial charge < -0.3 is 13.9 Å². The zero-order valence-electron chi connectivity index (χ0n) is 35.2. The molecular weight excluding hydrogens is 741 g/mol. The smallest absolute Gasteiger partial charge is 0.143 e. The van der Waals surface area contributed by atoms with Crippen LogP contribution >= 0.6 is 0 Å². The van der Waals surface area contributed by atoms with Crippen LogP contribution in [0.4, 0.5) is 11.4 Å². The van der Waals surface area contributed by atoms with Gasteiger partial charge in [0, 0.05) is 54.9 Å². The highest BCUT2D eigenvalue weighted by atomic mass is 16.3. The Morgan fingerprint density at radius 2 is 1.57 bits per heavy atom. The molecule has 0 saturated carbocycles. The monoisotopic (exact) mass is 792 g/mol. The Morgan fingerprint density at radius 1 is 0.803 bits per heavy atom. The number of anilines is 2. The van der Waals surface area contributed by atoms with Crippen molar-refractivity contribution in [2.24, 2.45) is 5.92 Å². The van der Waals surface area contributed by atoms with Gasteiger partial charge in [0.1, 0.15) is 11.2 Å². The van der Waals surface area contributed by atoms with Gasteiger partial charge in [-0.05, 0) is 104 Å². The second kappa shape index (κ2) is 17.2. The second-order valence-electron chi connectivity index (χ2n) is 15.9. The van der Waals surface area contributed by atoms with Gasteiger partial charge in [-0.2, -0.15) is 0 Å². The summed E-state index contributed by atoms with van der Waals surface area (Å²) in [4.78, 5) is 2.40. The first-order valence-electron chi connectivity index (χ1n) is 21.5. The summed E-state index contributed by atoms with van der Waals surface area (Å²) in [7, 11) is 0. The quantitative estimate of drug-likeness (QED) is 0.115. The van der Waals surface area contributed by atoms with Crippen LogP contribution in [0.2, 0.25) is 0 Å². The molecule has 61 heavy (non-hydrogen) atoms. The first-order chi connectivity index (χ1) is 30.0. The molecule has 300 valence electrons. The number of fused-ring (bicyclic) bond motifs is 4. The number of hydrogen-bond donors (Lipinski definition) is 0. The third-order valence-electron chi connectivity index (χ3n) is 12.4. The molecule has 0 spiro atoms. The van der Waals surface area contributed by atoms with Crippen LogP contribution in [-0.4, -0.2) is 10.6 Å². The number of aromatic nitrogens is 1. The van der Waals surface area contributed by atoms with Crippen LogP contribution in [0.1, 0.15) is 61.9 Å². The standard InChI is InChI=1S/C58H52N2O/c1-6-17-45(7-2)59(56-24-15-19-43-18-11-12-20-49(43)56)46-35-31-41(32-36-46)42-33-37-47(38-34-42)60-54(9-4)48(8-3)51(55(60)10-5)39-28-40-26-29-44(30-27-40)50-22-16-23-53-52-21-13-14-25-57(52)61-58(50)53/h6-16,18-26,28-33,35-37,39-40,45H,1-2,5,17,27,34,38H2,3-4H3. The maximum atomic E-state index is 6.35. The van der Waals surface area contributed by atoms with Crippen LogP contribution in [0.3, 0.4) is 0 Å². The number of furan rings is 1. The predicted octanol–water partition coefficient (Wildman–Crippen LogP) is 14.4. The van der Waals surface area contributed by atoms with Gasteiger partial charge in [0.25, 0.3) is 0 Å². The van der Waals surface area contributed by atoms with Crippen molar-refractivity contribution in [3.8, 4) is 0 Å². The highest BCUT2D eigenvalue weighted by Crippen LogP contribution is 2.38. The van der Waals surface area contributed by atoms with E-state index in [4.69, 9.17) is 4.42 Å². The highest BCUT2D eigenvalue weighted by molar-refractivity contribution is 6.08. The molecule has 5 aromatic carbocycles. The molecular formula is C58H52N2O. The van der Waals surface area contributed by atoms with E-state index in [2.05, 4.69) is 195 Å². The molecule has 0 saturated heterocycles. The molecule has 3 heteroatoms. The fraction of sp³-hybridized carbons (Fsp3) is 0.138. The lowest BCUT2D eigenvalue weighted by Gasteiger charge is -2.33. The van der Waals surface area contributed by atoms with Crippen LogP contribution in [0.15, 0.2) is 182 Å². The number of rotatable bonds is 12. The topological polar surface area (TPSA) is 21.3 Å². The SMILES string of the molecule is C=CCC(C=C)N(c1ccc(C2=CC=C(n3c(C=C)c(C=CC4C=CC(c5cccc6c5oc5ccccc56)=CC4)c(=CC)c3=CC)CC2)cc1)c1cccc2ccccc12. The molecule has 9 rings (SSSR count). The Bertz CT molecular complexity index is 3110. The zero-order chi connectivity index (χ0) is 41.9. The maximum Gasteiger partial charge on any atom is 0.143 e. The predicted molar refractivity (Wildman–Crippen MR) is 265 cm³/mol. The van der Waals surface area contributed by atoms with Gasteiger partial charge in [-0.1, -0.05) is 152 Å². The summed E-state index contributed by atoms with van der Waals surface area (Å²) in [5.41, 5.74) is 12.7. The Morgan fingerprint density at radius 3 is 2.30 bits per heavy atom. The molecule has 2 unspecified atom stereocenters. The summed E-state index contributed by atoms with van der Waals surface area (Å²) in [5, 5.41) is 7.20. The van der Waals surface area contributed by atoms with Gasteiger partial charge in [0.05, 0.1) is 11.7 Å². The lowest BCUT2D eigenvalue weighted by atomic mass is 9.91. The van der Waals surface area contributed by atoms with E-state index in [0.29, 0.717) is 0 Å². The van der Waals surface area contributed by atoms with Crippen LogP contribution in [0.25, 0.3) is 73.9 Å². The van der Waals surface area contributed by atoms with E-state index in [1.807, 2.05) is 30.4 Å². The van der Waals surface area contributed by atoms with Gasteiger partial charge >= 0.3 is 0 Å². The van der Waals surface area contributed by atoms with Crippen LogP contribution < -0.4 is 15.5 Å². The van der Waals surface area contributed by atoms with E-state index >= 15 is 0 Å². The fourth-order valence-corrected chi connectivity index (χ4v) is 9.39. The van der Waals surface area contributed by atoms with Crippen LogP contribution in [-0.2, 0) is 0 Å². The summed E-state index contributed by atoms with van der Waals surface area (Å²) >= 11 is 0. The number of para-hydroxylation sites is 2. The van der Waals surface area contributed by atoms with Crippen molar-refractivity contribution in [2.75, 3.05) is 4.90 Å². The molecule has 7 aromatic rings. The van der Waals surface area contributed by atoms with Crippen molar-refractivity contribution < 1.29 is 4.42 Å². The molecule has 0 radical (unpaired) electrons. The van der Waals surface area contributed by atoms with Gasteiger partial charge in [-0.25, -0.2) is 0 Å². The number of hydrogen-bond acceptors (Lipinski definition) is 2. The Hall–Kier alpha value is -7.10. The second-order valence-corrected chi connectivity index (χ2v) is 15.9. The molecule has 0 aliphatic heterocycles. The molecule has 0 N–H and O–H groups in total. The Balaban J connectivity index is 0.976. The summed E-state index contributed by atoms with van der Waals surface area (Å²) in [6.07, 6.45) is 30.3. The molecule has 2 atom stereocenters. The minimum absolute atomic E-state index is 0.0720. The van der Waals surface area contributed by atoms with Gasteiger partial charge in [0.2, 0.25) is 0 Å². The molecule has 0 bridgehead atoms. The molecule has 3 nitrogen and oxygen atoms in total.